The first-order valence-corrected chi connectivity index (χ1v) is 6.24. The largest absolute Gasteiger partial charge is 0.380 e. The van der Waals surface area contributed by atoms with Crippen molar-refractivity contribution in [2.75, 3.05) is 13.1 Å². The van der Waals surface area contributed by atoms with Crippen LogP contribution in [0.1, 0.15) is 32.1 Å². The highest BCUT2D eigenvalue weighted by molar-refractivity contribution is 5.87. The van der Waals surface area contributed by atoms with Crippen LogP contribution in [0, 0.1) is 11.3 Å². The van der Waals surface area contributed by atoms with Crippen molar-refractivity contribution in [1.82, 2.24) is 4.90 Å². The predicted octanol–water partition coefficient (Wildman–Crippen LogP) is 1.33. The molecule has 1 spiro atoms. The maximum absolute atomic E-state index is 11.9. The molecule has 3 fully saturated rings. The number of carbonyl (C=O) groups excluding carboxylic acids is 1. The van der Waals surface area contributed by atoms with Gasteiger partial charge in [0.05, 0.1) is 0 Å². The highest BCUT2D eigenvalue weighted by atomic mass is 16.3. The van der Waals surface area contributed by atoms with Crippen LogP contribution in [0.3, 0.4) is 0 Å². The SMILES string of the molecule is C=C[C@@H]1CC12CCN(C(=O)C1(O)CC1)CC2. The second-order valence-electron chi connectivity index (χ2n) is 5.73. The molecule has 1 N–H and O–H groups in total. The molecule has 1 atom stereocenters. The van der Waals surface area contributed by atoms with Crippen molar-refractivity contribution < 1.29 is 9.90 Å². The van der Waals surface area contributed by atoms with E-state index in [1.807, 2.05) is 4.90 Å². The number of allylic oxidation sites excluding steroid dienone is 1. The average Bonchev–Trinajstić information content (AvgIpc) is 3.19. The summed E-state index contributed by atoms with van der Waals surface area (Å²) in [6.07, 6.45) is 6.80. The molecule has 0 bridgehead atoms. The summed E-state index contributed by atoms with van der Waals surface area (Å²) in [5, 5.41) is 9.79. The molecular formula is C13H19NO2. The molecule has 16 heavy (non-hydrogen) atoms. The van der Waals surface area contributed by atoms with Crippen LogP contribution < -0.4 is 0 Å². The van der Waals surface area contributed by atoms with E-state index in [-0.39, 0.29) is 5.91 Å². The van der Waals surface area contributed by atoms with Crippen molar-refractivity contribution in [1.29, 1.82) is 0 Å². The Morgan fingerprint density at radius 3 is 2.38 bits per heavy atom. The molecular weight excluding hydrogens is 202 g/mol. The van der Waals surface area contributed by atoms with Crippen LogP contribution in [0.15, 0.2) is 12.7 Å². The Labute approximate surface area is 96.1 Å². The standard InChI is InChI=1S/C13H19NO2/c1-2-10-9-12(10)5-7-14(8-6-12)11(15)13(16)3-4-13/h2,10,16H,1,3-9H2/t10-/m1/s1. The summed E-state index contributed by atoms with van der Waals surface area (Å²) in [4.78, 5) is 13.8. The lowest BCUT2D eigenvalue weighted by Gasteiger charge is -2.34. The van der Waals surface area contributed by atoms with Crippen LogP contribution in [0.4, 0.5) is 0 Å². The van der Waals surface area contributed by atoms with E-state index in [1.165, 1.54) is 6.42 Å². The van der Waals surface area contributed by atoms with E-state index in [9.17, 15) is 9.90 Å². The number of hydrogen-bond donors (Lipinski definition) is 1. The van der Waals surface area contributed by atoms with Gasteiger partial charge in [-0.2, -0.15) is 0 Å². The van der Waals surface area contributed by atoms with Gasteiger partial charge in [0.15, 0.2) is 0 Å². The molecule has 2 saturated carbocycles. The third-order valence-electron chi connectivity index (χ3n) is 4.71. The lowest BCUT2D eigenvalue weighted by molar-refractivity contribution is -0.144. The Hall–Kier alpha value is -0.830. The molecule has 0 aromatic rings. The number of rotatable bonds is 2. The molecule has 0 aromatic heterocycles. The lowest BCUT2D eigenvalue weighted by Crippen LogP contribution is -2.45. The van der Waals surface area contributed by atoms with Crippen LogP contribution >= 0.6 is 0 Å². The second-order valence-corrected chi connectivity index (χ2v) is 5.73. The van der Waals surface area contributed by atoms with Crippen LogP contribution in [-0.4, -0.2) is 34.6 Å². The molecule has 0 radical (unpaired) electrons. The topological polar surface area (TPSA) is 40.5 Å². The molecule has 3 aliphatic rings. The molecule has 0 aromatic carbocycles. The summed E-state index contributed by atoms with van der Waals surface area (Å²) in [5.74, 6) is 0.645. The van der Waals surface area contributed by atoms with E-state index in [0.717, 1.165) is 25.9 Å². The van der Waals surface area contributed by atoms with E-state index in [4.69, 9.17) is 0 Å². The number of piperidine rings is 1. The minimum Gasteiger partial charge on any atom is -0.380 e. The van der Waals surface area contributed by atoms with Crippen LogP contribution in [0.25, 0.3) is 0 Å². The first kappa shape index (κ1) is 10.3. The van der Waals surface area contributed by atoms with Gasteiger partial charge in [-0.15, -0.1) is 6.58 Å². The fourth-order valence-electron chi connectivity index (χ4n) is 3.07. The van der Waals surface area contributed by atoms with Crippen LogP contribution in [0.2, 0.25) is 0 Å². The highest BCUT2D eigenvalue weighted by Gasteiger charge is 2.56. The Morgan fingerprint density at radius 2 is 1.94 bits per heavy atom. The quantitative estimate of drug-likeness (QED) is 0.715. The van der Waals surface area contributed by atoms with Crippen molar-refractivity contribution in [3.63, 3.8) is 0 Å². The first-order chi connectivity index (χ1) is 7.60. The zero-order chi connectivity index (χ0) is 11.4. The summed E-state index contributed by atoms with van der Waals surface area (Å²) < 4.78 is 0. The summed E-state index contributed by atoms with van der Waals surface area (Å²) in [6.45, 7) is 5.50. The fourth-order valence-corrected chi connectivity index (χ4v) is 3.07. The summed E-state index contributed by atoms with van der Waals surface area (Å²) in [6, 6.07) is 0. The molecule has 1 aliphatic heterocycles. The van der Waals surface area contributed by atoms with Gasteiger partial charge in [-0.05, 0) is 43.4 Å². The van der Waals surface area contributed by atoms with Crippen LogP contribution in [-0.2, 0) is 4.79 Å². The van der Waals surface area contributed by atoms with Gasteiger partial charge in [0.2, 0.25) is 0 Å². The monoisotopic (exact) mass is 221 g/mol. The third-order valence-corrected chi connectivity index (χ3v) is 4.71. The molecule has 2 aliphatic carbocycles. The second kappa shape index (κ2) is 3.10. The van der Waals surface area contributed by atoms with Crippen molar-refractivity contribution in [3.05, 3.63) is 12.7 Å². The summed E-state index contributed by atoms with van der Waals surface area (Å²) >= 11 is 0. The van der Waals surface area contributed by atoms with Crippen molar-refractivity contribution in [2.45, 2.75) is 37.7 Å². The molecule has 1 saturated heterocycles. The number of nitrogens with zero attached hydrogens (tertiary/aromatic N) is 1. The summed E-state index contributed by atoms with van der Waals surface area (Å²) in [5.41, 5.74) is -0.517. The smallest absolute Gasteiger partial charge is 0.254 e. The molecule has 88 valence electrons. The molecule has 0 unspecified atom stereocenters. The minimum absolute atomic E-state index is 0.0295. The predicted molar refractivity (Wildman–Crippen MR) is 60.7 cm³/mol. The third kappa shape index (κ3) is 1.41. The maximum Gasteiger partial charge on any atom is 0.254 e. The molecule has 1 amide bonds. The molecule has 1 heterocycles. The Balaban J connectivity index is 1.59. The van der Waals surface area contributed by atoms with Crippen molar-refractivity contribution in [3.8, 4) is 0 Å². The van der Waals surface area contributed by atoms with Gasteiger partial charge in [-0.1, -0.05) is 6.08 Å². The number of likely N-dealkylation sites (tertiary alicyclic amines) is 1. The van der Waals surface area contributed by atoms with Gasteiger partial charge in [-0.25, -0.2) is 0 Å². The van der Waals surface area contributed by atoms with Gasteiger partial charge < -0.3 is 10.0 Å². The van der Waals surface area contributed by atoms with Gasteiger partial charge in [0, 0.05) is 13.1 Å². The van der Waals surface area contributed by atoms with E-state index in [1.54, 1.807) is 0 Å². The van der Waals surface area contributed by atoms with Crippen LogP contribution in [0.5, 0.6) is 0 Å². The fraction of sp³-hybridized carbons (Fsp3) is 0.769. The van der Waals surface area contributed by atoms with Crippen molar-refractivity contribution >= 4 is 5.91 Å². The zero-order valence-electron chi connectivity index (χ0n) is 9.61. The van der Waals surface area contributed by atoms with E-state index in [2.05, 4.69) is 12.7 Å². The Bertz CT molecular complexity index is 338. The van der Waals surface area contributed by atoms with Gasteiger partial charge >= 0.3 is 0 Å². The number of aliphatic hydroxyl groups is 1. The minimum atomic E-state index is -0.980. The average molecular weight is 221 g/mol. The number of carbonyl (C=O) groups is 1. The van der Waals surface area contributed by atoms with Crippen molar-refractivity contribution in [2.24, 2.45) is 11.3 Å². The number of hydrogen-bond acceptors (Lipinski definition) is 2. The zero-order valence-corrected chi connectivity index (χ0v) is 9.61. The number of amides is 1. The van der Waals surface area contributed by atoms with E-state index < -0.39 is 5.60 Å². The molecule has 3 heteroatoms. The Kier molecular flexibility index (Phi) is 2.00. The Morgan fingerprint density at radius 1 is 1.31 bits per heavy atom. The van der Waals surface area contributed by atoms with Gasteiger partial charge in [0.1, 0.15) is 5.60 Å². The summed E-state index contributed by atoms with van der Waals surface area (Å²) in [7, 11) is 0. The van der Waals surface area contributed by atoms with Gasteiger partial charge in [0.25, 0.3) is 5.91 Å². The van der Waals surface area contributed by atoms with E-state index >= 15 is 0 Å². The lowest BCUT2D eigenvalue weighted by atomic mass is 9.90. The molecule has 3 nitrogen and oxygen atoms in total. The molecule has 3 rings (SSSR count). The normalized spacial score (nSPS) is 33.6. The highest BCUT2D eigenvalue weighted by Crippen LogP contribution is 2.60. The van der Waals surface area contributed by atoms with Gasteiger partial charge in [-0.3, -0.25) is 4.79 Å². The van der Waals surface area contributed by atoms with E-state index in [0.29, 0.717) is 24.2 Å². The first-order valence-electron chi connectivity index (χ1n) is 6.24. The maximum atomic E-state index is 11.9.